The van der Waals surface area contributed by atoms with E-state index in [1.807, 2.05) is 37.4 Å². The summed E-state index contributed by atoms with van der Waals surface area (Å²) in [6, 6.07) is 14.1. The predicted molar refractivity (Wildman–Crippen MR) is 79.0 cm³/mol. The lowest BCUT2D eigenvalue weighted by atomic mass is 10.1. The quantitative estimate of drug-likeness (QED) is 0.733. The molecule has 1 N–H and O–H groups in total. The van der Waals surface area contributed by atoms with Crippen molar-refractivity contribution in [2.24, 2.45) is 7.05 Å². The van der Waals surface area contributed by atoms with Crippen molar-refractivity contribution in [2.75, 3.05) is 7.11 Å². The smallest absolute Gasteiger partial charge is 0.119 e. The van der Waals surface area contributed by atoms with E-state index in [2.05, 4.69) is 16.7 Å². The number of hydrogen-bond donors (Lipinski definition) is 1. The van der Waals surface area contributed by atoms with E-state index in [0.29, 0.717) is 0 Å². The monoisotopic (exact) mass is 265 g/mol. The maximum absolute atomic E-state index is 10.7. The summed E-state index contributed by atoms with van der Waals surface area (Å²) in [7, 11) is 3.69. The van der Waals surface area contributed by atoms with Gasteiger partial charge in [-0.05, 0) is 29.8 Å². The zero-order valence-electron chi connectivity index (χ0n) is 11.4. The molecule has 3 heteroatoms. The first-order valence-electron chi connectivity index (χ1n) is 6.66. The van der Waals surface area contributed by atoms with E-state index >= 15 is 0 Å². The first-order chi connectivity index (χ1) is 9.72. The second-order valence-corrected chi connectivity index (χ2v) is 5.19. The number of methoxy groups -OCH3 is 1. The molecule has 3 aromatic rings. The van der Waals surface area contributed by atoms with E-state index in [0.717, 1.165) is 39.0 Å². The Morgan fingerprint density at radius 2 is 1.95 bits per heavy atom. The first kappa shape index (κ1) is 11.6. The van der Waals surface area contributed by atoms with Gasteiger partial charge in [-0.3, -0.25) is 0 Å². The second-order valence-electron chi connectivity index (χ2n) is 5.19. The third-order valence-corrected chi connectivity index (χ3v) is 4.23. The van der Waals surface area contributed by atoms with Crippen LogP contribution in [0.1, 0.15) is 17.2 Å². The van der Waals surface area contributed by atoms with Crippen LogP contribution in [0.2, 0.25) is 0 Å². The summed E-state index contributed by atoms with van der Waals surface area (Å²) in [6.07, 6.45) is -0.582. The molecule has 3 nitrogen and oxygen atoms in total. The van der Waals surface area contributed by atoms with Gasteiger partial charge in [-0.25, -0.2) is 0 Å². The summed E-state index contributed by atoms with van der Waals surface area (Å²) >= 11 is 0. The maximum Gasteiger partial charge on any atom is 0.119 e. The van der Waals surface area contributed by atoms with Crippen molar-refractivity contribution in [1.29, 1.82) is 0 Å². The molecule has 1 unspecified atom stereocenters. The molecule has 1 aliphatic carbocycles. The lowest BCUT2D eigenvalue weighted by Crippen LogP contribution is -1.95. The van der Waals surface area contributed by atoms with E-state index < -0.39 is 6.10 Å². The fourth-order valence-electron chi connectivity index (χ4n) is 3.29. The van der Waals surface area contributed by atoms with Crippen LogP contribution in [0, 0.1) is 0 Å². The van der Waals surface area contributed by atoms with E-state index in [1.165, 1.54) is 0 Å². The molecule has 0 fully saturated rings. The van der Waals surface area contributed by atoms with Crippen LogP contribution >= 0.6 is 0 Å². The molecule has 2 aromatic carbocycles. The first-order valence-corrected chi connectivity index (χ1v) is 6.66. The zero-order valence-corrected chi connectivity index (χ0v) is 11.4. The number of fused-ring (bicyclic) bond motifs is 5. The second kappa shape index (κ2) is 3.87. The molecule has 1 atom stereocenters. The summed E-state index contributed by atoms with van der Waals surface area (Å²) in [4.78, 5) is 0. The van der Waals surface area contributed by atoms with Gasteiger partial charge in [0.1, 0.15) is 11.9 Å². The number of aliphatic hydroxyl groups is 1. The topological polar surface area (TPSA) is 34.4 Å². The van der Waals surface area contributed by atoms with Crippen molar-refractivity contribution in [3.05, 3.63) is 53.6 Å². The molecule has 0 spiro atoms. The molecule has 1 aromatic heterocycles. The average Bonchev–Trinajstić information content (AvgIpc) is 2.95. The highest BCUT2D eigenvalue weighted by Gasteiger charge is 2.32. The number of para-hydroxylation sites is 1. The van der Waals surface area contributed by atoms with Crippen LogP contribution in [0.5, 0.6) is 5.75 Å². The molecule has 100 valence electrons. The molecule has 0 saturated carbocycles. The number of rotatable bonds is 1. The van der Waals surface area contributed by atoms with Crippen LogP contribution in [-0.2, 0) is 7.05 Å². The highest BCUT2D eigenvalue weighted by molar-refractivity contribution is 5.96. The molecule has 1 heterocycles. The fraction of sp³-hybridized carbons (Fsp3) is 0.176. The third kappa shape index (κ3) is 1.28. The lowest BCUT2D eigenvalue weighted by Gasteiger charge is -2.09. The maximum atomic E-state index is 10.7. The normalized spacial score (nSPS) is 16.2. The Kier molecular flexibility index (Phi) is 2.24. The van der Waals surface area contributed by atoms with Gasteiger partial charge < -0.3 is 14.4 Å². The van der Waals surface area contributed by atoms with Gasteiger partial charge >= 0.3 is 0 Å². The van der Waals surface area contributed by atoms with Crippen LogP contribution < -0.4 is 4.74 Å². The lowest BCUT2D eigenvalue weighted by molar-refractivity contribution is 0.226. The van der Waals surface area contributed by atoms with Crippen LogP contribution in [-0.4, -0.2) is 16.8 Å². The molecule has 20 heavy (non-hydrogen) atoms. The van der Waals surface area contributed by atoms with Crippen LogP contribution in [0.3, 0.4) is 0 Å². The molecule has 0 bridgehead atoms. The summed E-state index contributed by atoms with van der Waals surface area (Å²) < 4.78 is 7.42. The van der Waals surface area contributed by atoms with Gasteiger partial charge in [0, 0.05) is 29.1 Å². The molecular formula is C17H15NO2. The Bertz CT molecular complexity index is 832. The number of benzene rings is 2. The summed E-state index contributed by atoms with van der Waals surface area (Å²) in [6.45, 7) is 0. The SMILES string of the molecule is COc1ccc2c(c1)C(O)c1c-2n(C)c2ccccc12. The number of hydrogen-bond acceptors (Lipinski definition) is 2. The number of aliphatic hydroxyl groups excluding tert-OH is 1. The van der Waals surface area contributed by atoms with Crippen molar-refractivity contribution in [1.82, 2.24) is 4.57 Å². The summed E-state index contributed by atoms with van der Waals surface area (Å²) in [5.41, 5.74) is 5.28. The molecule has 4 rings (SSSR count). The predicted octanol–water partition coefficient (Wildman–Crippen LogP) is 3.25. The van der Waals surface area contributed by atoms with Crippen LogP contribution in [0.4, 0.5) is 0 Å². The summed E-state index contributed by atoms with van der Waals surface area (Å²) in [5.74, 6) is 0.778. The van der Waals surface area contributed by atoms with Gasteiger partial charge in [0.15, 0.2) is 0 Å². The van der Waals surface area contributed by atoms with Crippen molar-refractivity contribution in [2.45, 2.75) is 6.10 Å². The van der Waals surface area contributed by atoms with Gasteiger partial charge in [-0.15, -0.1) is 0 Å². The van der Waals surface area contributed by atoms with Crippen molar-refractivity contribution < 1.29 is 9.84 Å². The van der Waals surface area contributed by atoms with Crippen LogP contribution in [0.15, 0.2) is 42.5 Å². The standard InChI is InChI=1S/C17H15NO2/c1-18-14-6-4-3-5-12(14)15-16(18)11-8-7-10(20-2)9-13(11)17(15)19/h3-9,17,19H,1-2H3. The molecular weight excluding hydrogens is 250 g/mol. The van der Waals surface area contributed by atoms with E-state index in [1.54, 1.807) is 7.11 Å². The zero-order chi connectivity index (χ0) is 13.9. The minimum atomic E-state index is -0.582. The Morgan fingerprint density at radius 1 is 1.15 bits per heavy atom. The van der Waals surface area contributed by atoms with Gasteiger partial charge in [-0.2, -0.15) is 0 Å². The molecule has 0 amide bonds. The number of aromatic nitrogens is 1. The minimum absolute atomic E-state index is 0.582. The highest BCUT2D eigenvalue weighted by Crippen LogP contribution is 2.48. The molecule has 0 aliphatic heterocycles. The molecule has 0 radical (unpaired) electrons. The third-order valence-electron chi connectivity index (χ3n) is 4.23. The van der Waals surface area contributed by atoms with E-state index in [4.69, 9.17) is 4.74 Å². The largest absolute Gasteiger partial charge is 0.497 e. The Hall–Kier alpha value is -2.26. The van der Waals surface area contributed by atoms with E-state index in [-0.39, 0.29) is 0 Å². The van der Waals surface area contributed by atoms with Crippen LogP contribution in [0.25, 0.3) is 22.2 Å². The average molecular weight is 265 g/mol. The van der Waals surface area contributed by atoms with E-state index in [9.17, 15) is 5.11 Å². The number of ether oxygens (including phenoxy) is 1. The Labute approximate surface area is 117 Å². The molecule has 0 saturated heterocycles. The van der Waals surface area contributed by atoms with Crippen molar-refractivity contribution in [3.8, 4) is 17.0 Å². The van der Waals surface area contributed by atoms with Gasteiger partial charge in [-0.1, -0.05) is 18.2 Å². The molecule has 1 aliphatic rings. The van der Waals surface area contributed by atoms with Crippen molar-refractivity contribution in [3.63, 3.8) is 0 Å². The fourth-order valence-corrected chi connectivity index (χ4v) is 3.29. The Balaban J connectivity index is 2.09. The van der Waals surface area contributed by atoms with Gasteiger partial charge in [0.2, 0.25) is 0 Å². The number of nitrogens with zero attached hydrogens (tertiary/aromatic N) is 1. The number of aryl methyl sites for hydroxylation is 1. The Morgan fingerprint density at radius 3 is 2.75 bits per heavy atom. The summed E-state index contributed by atoms with van der Waals surface area (Å²) in [5, 5.41) is 11.8. The highest BCUT2D eigenvalue weighted by atomic mass is 16.5. The van der Waals surface area contributed by atoms with Crippen molar-refractivity contribution >= 4 is 10.9 Å². The van der Waals surface area contributed by atoms with Gasteiger partial charge in [0.25, 0.3) is 0 Å². The van der Waals surface area contributed by atoms with Gasteiger partial charge in [0.05, 0.1) is 12.8 Å². The minimum Gasteiger partial charge on any atom is -0.497 e.